The summed E-state index contributed by atoms with van der Waals surface area (Å²) >= 11 is 0. The van der Waals surface area contributed by atoms with Crippen LogP contribution in [0.15, 0.2) is 36.7 Å². The number of amides is 1. The molecule has 0 unspecified atom stereocenters. The van der Waals surface area contributed by atoms with Crippen LogP contribution in [0.4, 0.5) is 10.2 Å². The van der Waals surface area contributed by atoms with Gasteiger partial charge in [-0.05, 0) is 61.9 Å². The number of halogens is 1. The Balaban J connectivity index is 1.32. The second-order valence-corrected chi connectivity index (χ2v) is 9.60. The van der Waals surface area contributed by atoms with E-state index in [0.717, 1.165) is 41.5 Å². The minimum Gasteiger partial charge on any atom is -0.310 e. The Morgan fingerprint density at radius 1 is 1.03 bits per heavy atom. The number of rotatable bonds is 6. The fraction of sp³-hybridized carbons (Fsp3) is 0.500. The van der Waals surface area contributed by atoms with Crippen LogP contribution in [0.2, 0.25) is 0 Å². The molecule has 4 heterocycles. The van der Waals surface area contributed by atoms with Gasteiger partial charge in [-0.25, -0.2) is 9.37 Å². The summed E-state index contributed by atoms with van der Waals surface area (Å²) < 4.78 is 15.3. The molecule has 3 aromatic rings. The van der Waals surface area contributed by atoms with Gasteiger partial charge in [-0.3, -0.25) is 19.3 Å². The van der Waals surface area contributed by atoms with Crippen LogP contribution in [0.5, 0.6) is 0 Å². The van der Waals surface area contributed by atoms with E-state index in [1.165, 1.54) is 25.0 Å². The van der Waals surface area contributed by atoms with E-state index in [2.05, 4.69) is 38.5 Å². The van der Waals surface area contributed by atoms with E-state index in [9.17, 15) is 9.18 Å². The molecule has 1 amide bonds. The van der Waals surface area contributed by atoms with Crippen molar-refractivity contribution < 1.29 is 9.18 Å². The van der Waals surface area contributed by atoms with Gasteiger partial charge in [-0.2, -0.15) is 5.10 Å². The molecule has 0 bridgehead atoms. The predicted octanol–water partition coefficient (Wildman–Crippen LogP) is 3.99. The van der Waals surface area contributed by atoms with Crippen LogP contribution in [-0.2, 0) is 18.4 Å². The Morgan fingerprint density at radius 3 is 2.62 bits per heavy atom. The van der Waals surface area contributed by atoms with Crippen molar-refractivity contribution in [1.82, 2.24) is 24.6 Å². The lowest BCUT2D eigenvalue weighted by atomic mass is 10.0. The highest BCUT2D eigenvalue weighted by molar-refractivity contribution is 5.95. The van der Waals surface area contributed by atoms with Crippen molar-refractivity contribution in [2.75, 3.05) is 38.0 Å². The third-order valence-corrected chi connectivity index (χ3v) is 7.07. The molecule has 0 radical (unpaired) electrons. The largest absolute Gasteiger partial charge is 0.310 e. The minimum atomic E-state index is -0.740. The molecule has 0 aliphatic carbocycles. The molecule has 180 valence electrons. The number of carbonyl (C=O) groups excluding carboxylic acids is 1. The Morgan fingerprint density at radius 2 is 1.82 bits per heavy atom. The molecule has 2 aromatic heterocycles. The molecule has 34 heavy (non-hydrogen) atoms. The lowest BCUT2D eigenvalue weighted by Gasteiger charge is -2.27. The Hall–Kier alpha value is -2.84. The normalized spacial score (nSPS) is 18.4. The third-order valence-electron chi connectivity index (χ3n) is 7.07. The number of hydrogen-bond acceptors (Lipinski definition) is 5. The van der Waals surface area contributed by atoms with Crippen molar-refractivity contribution in [3.8, 4) is 11.1 Å². The number of anilines is 1. The Labute approximate surface area is 199 Å². The zero-order chi connectivity index (χ0) is 23.5. The van der Waals surface area contributed by atoms with Crippen LogP contribution in [-0.4, -0.2) is 69.4 Å². The van der Waals surface area contributed by atoms with Gasteiger partial charge >= 0.3 is 0 Å². The Bertz CT molecular complexity index is 1150. The zero-order valence-electron chi connectivity index (χ0n) is 19.8. The molecule has 8 heteroatoms. The number of nitrogens with one attached hydrogen (secondary N) is 1. The average molecular weight is 465 g/mol. The van der Waals surface area contributed by atoms with E-state index in [1.807, 2.05) is 28.9 Å². The molecule has 0 atom stereocenters. The SMILES string of the molecule is Cn1ncc(-c2ccc3cnc(NC(=O)CN4CCC(F)CC4)cc3c2)c1CN1CCCCC1. The zero-order valence-corrected chi connectivity index (χ0v) is 19.8. The summed E-state index contributed by atoms with van der Waals surface area (Å²) in [6.07, 6.45) is 7.85. The fourth-order valence-electron chi connectivity index (χ4n) is 5.04. The van der Waals surface area contributed by atoms with Gasteiger partial charge < -0.3 is 5.32 Å². The lowest BCUT2D eigenvalue weighted by molar-refractivity contribution is -0.117. The van der Waals surface area contributed by atoms with Crippen molar-refractivity contribution in [1.29, 1.82) is 0 Å². The number of carbonyl (C=O) groups is 1. The number of fused-ring (bicyclic) bond motifs is 1. The van der Waals surface area contributed by atoms with Gasteiger partial charge in [0.1, 0.15) is 12.0 Å². The van der Waals surface area contributed by atoms with Gasteiger partial charge in [-0.15, -0.1) is 0 Å². The van der Waals surface area contributed by atoms with E-state index in [0.29, 0.717) is 31.7 Å². The lowest BCUT2D eigenvalue weighted by Crippen LogP contribution is -2.39. The maximum Gasteiger partial charge on any atom is 0.239 e. The van der Waals surface area contributed by atoms with Crippen LogP contribution >= 0.6 is 0 Å². The number of pyridine rings is 1. The second kappa shape index (κ2) is 10.2. The van der Waals surface area contributed by atoms with Crippen LogP contribution in [0, 0.1) is 0 Å². The molecular weight excluding hydrogens is 431 g/mol. The maximum absolute atomic E-state index is 13.3. The molecule has 7 nitrogen and oxygen atoms in total. The van der Waals surface area contributed by atoms with Crippen molar-refractivity contribution in [2.45, 2.75) is 44.8 Å². The molecule has 0 spiro atoms. The average Bonchev–Trinajstić information content (AvgIpc) is 3.20. The highest BCUT2D eigenvalue weighted by atomic mass is 19.1. The number of nitrogens with zero attached hydrogens (tertiary/aromatic N) is 5. The van der Waals surface area contributed by atoms with Crippen molar-refractivity contribution in [3.05, 3.63) is 42.4 Å². The number of aryl methyl sites for hydroxylation is 1. The van der Waals surface area contributed by atoms with Crippen molar-refractivity contribution >= 4 is 22.5 Å². The Kier molecular flexibility index (Phi) is 6.87. The first kappa shape index (κ1) is 22.9. The van der Waals surface area contributed by atoms with E-state index in [1.54, 1.807) is 6.20 Å². The summed E-state index contributed by atoms with van der Waals surface area (Å²) in [6.45, 7) is 4.69. The fourth-order valence-corrected chi connectivity index (χ4v) is 5.04. The number of alkyl halides is 1. The predicted molar refractivity (Wildman–Crippen MR) is 132 cm³/mol. The van der Waals surface area contributed by atoms with Gasteiger partial charge in [-0.1, -0.05) is 18.6 Å². The summed E-state index contributed by atoms with van der Waals surface area (Å²) in [5.41, 5.74) is 3.49. The first-order valence-electron chi connectivity index (χ1n) is 12.3. The number of benzene rings is 1. The summed E-state index contributed by atoms with van der Waals surface area (Å²) in [7, 11) is 2.01. The second-order valence-electron chi connectivity index (χ2n) is 9.60. The topological polar surface area (TPSA) is 66.3 Å². The molecule has 2 aliphatic rings. The quantitative estimate of drug-likeness (QED) is 0.598. The molecule has 0 saturated carbocycles. The molecule has 1 aromatic carbocycles. The highest BCUT2D eigenvalue weighted by Gasteiger charge is 2.20. The van der Waals surface area contributed by atoms with Crippen LogP contribution in [0.3, 0.4) is 0 Å². The summed E-state index contributed by atoms with van der Waals surface area (Å²) in [5, 5.41) is 9.50. The number of likely N-dealkylation sites (tertiary alicyclic amines) is 2. The smallest absolute Gasteiger partial charge is 0.239 e. The monoisotopic (exact) mass is 464 g/mol. The molecular formula is C26H33FN6O. The maximum atomic E-state index is 13.3. The first-order valence-corrected chi connectivity index (χ1v) is 12.3. The van der Waals surface area contributed by atoms with Gasteiger partial charge in [0, 0.05) is 43.8 Å². The van der Waals surface area contributed by atoms with E-state index < -0.39 is 6.17 Å². The van der Waals surface area contributed by atoms with Crippen LogP contribution in [0.25, 0.3) is 21.9 Å². The van der Waals surface area contributed by atoms with E-state index in [-0.39, 0.29) is 12.5 Å². The van der Waals surface area contributed by atoms with Gasteiger partial charge in [0.2, 0.25) is 5.91 Å². The van der Waals surface area contributed by atoms with E-state index >= 15 is 0 Å². The molecule has 1 N–H and O–H groups in total. The van der Waals surface area contributed by atoms with Gasteiger partial charge in [0.25, 0.3) is 0 Å². The van der Waals surface area contributed by atoms with E-state index in [4.69, 9.17) is 0 Å². The first-order chi connectivity index (χ1) is 16.5. The highest BCUT2D eigenvalue weighted by Crippen LogP contribution is 2.29. The van der Waals surface area contributed by atoms with Gasteiger partial charge in [0.05, 0.1) is 18.4 Å². The van der Waals surface area contributed by atoms with Crippen molar-refractivity contribution in [3.63, 3.8) is 0 Å². The third kappa shape index (κ3) is 5.28. The molecule has 2 aliphatic heterocycles. The molecule has 5 rings (SSSR count). The number of piperidine rings is 2. The molecule has 2 saturated heterocycles. The summed E-state index contributed by atoms with van der Waals surface area (Å²) in [5.74, 6) is 0.422. The summed E-state index contributed by atoms with van der Waals surface area (Å²) in [6, 6.07) is 8.26. The van der Waals surface area contributed by atoms with Crippen LogP contribution < -0.4 is 5.32 Å². The van der Waals surface area contributed by atoms with Crippen molar-refractivity contribution in [2.24, 2.45) is 7.05 Å². The minimum absolute atomic E-state index is 0.114. The standard InChI is InChI=1S/C26H33FN6O/c1-31-24(17-32-9-3-2-4-10-32)23(16-29-31)19-5-6-20-15-28-25(14-21(20)13-19)30-26(34)18-33-11-7-22(27)8-12-33/h5-6,13-16,22H,2-4,7-12,17-18H2,1H3,(H,28,30,34). The van der Waals surface area contributed by atoms with Gasteiger partial charge in [0.15, 0.2) is 0 Å². The molecule has 2 fully saturated rings. The number of aromatic nitrogens is 3. The summed E-state index contributed by atoms with van der Waals surface area (Å²) in [4.78, 5) is 21.5. The number of hydrogen-bond donors (Lipinski definition) is 1. The van der Waals surface area contributed by atoms with Crippen LogP contribution in [0.1, 0.15) is 37.8 Å².